The Kier molecular flexibility index (Phi) is 3.99. The number of aromatic nitrogens is 2. The van der Waals surface area contributed by atoms with Gasteiger partial charge in [0.15, 0.2) is 11.6 Å². The Balaban J connectivity index is 2.10. The molecule has 1 aromatic heterocycles. The summed E-state index contributed by atoms with van der Waals surface area (Å²) >= 11 is 5.55. The van der Waals surface area contributed by atoms with Crippen LogP contribution in [0.4, 0.5) is 16.1 Å². The van der Waals surface area contributed by atoms with E-state index < -0.39 is 5.82 Å². The molecule has 1 N–H and O–H groups in total. The second kappa shape index (κ2) is 5.68. The summed E-state index contributed by atoms with van der Waals surface area (Å²) in [5.41, 5.74) is 0.495. The van der Waals surface area contributed by atoms with Gasteiger partial charge in [-0.05, 0) is 12.1 Å². The van der Waals surface area contributed by atoms with Gasteiger partial charge in [-0.15, -0.1) is 16.7 Å². The van der Waals surface area contributed by atoms with E-state index in [1.54, 1.807) is 6.07 Å². The maximum atomic E-state index is 13.4. The van der Waals surface area contributed by atoms with E-state index in [4.69, 9.17) is 20.8 Å². The summed E-state index contributed by atoms with van der Waals surface area (Å²) in [6.07, 6.45) is 0.493. The first-order valence-electron chi connectivity index (χ1n) is 5.22. The topological polar surface area (TPSA) is 60.2 Å². The molecule has 0 bridgehead atoms. The number of aryl methyl sites for hydroxylation is 1. The lowest BCUT2D eigenvalue weighted by atomic mass is 10.3. The molecule has 1 aromatic carbocycles. The van der Waals surface area contributed by atoms with Crippen molar-refractivity contribution in [3.8, 4) is 5.75 Å². The van der Waals surface area contributed by atoms with Crippen LogP contribution < -0.4 is 10.1 Å². The Hall–Kier alpha value is -1.82. The lowest BCUT2D eigenvalue weighted by Crippen LogP contribution is -1.93. The fourth-order valence-electron chi connectivity index (χ4n) is 1.35. The molecule has 0 radical (unpaired) electrons. The molecule has 0 aliphatic heterocycles. The fraction of sp³-hybridized carbons (Fsp3) is 0.273. The summed E-state index contributed by atoms with van der Waals surface area (Å²) in [7, 11) is 1.40. The Bertz CT molecular complexity index is 533. The predicted molar refractivity (Wildman–Crippen MR) is 65.0 cm³/mol. The molecule has 5 nitrogen and oxygen atoms in total. The van der Waals surface area contributed by atoms with Gasteiger partial charge in [0.05, 0.1) is 7.11 Å². The maximum absolute atomic E-state index is 13.4. The van der Waals surface area contributed by atoms with E-state index in [-0.39, 0.29) is 11.8 Å². The molecule has 0 aliphatic rings. The van der Waals surface area contributed by atoms with E-state index in [0.717, 1.165) is 0 Å². The van der Waals surface area contributed by atoms with E-state index in [9.17, 15) is 4.39 Å². The summed E-state index contributed by atoms with van der Waals surface area (Å²) in [5.74, 6) is 0.539. The number of halogens is 2. The number of anilines is 2. The average Bonchev–Trinajstić information content (AvgIpc) is 2.77. The van der Waals surface area contributed by atoms with Crippen molar-refractivity contribution in [1.82, 2.24) is 10.2 Å². The molecule has 0 saturated heterocycles. The van der Waals surface area contributed by atoms with Crippen molar-refractivity contribution in [2.45, 2.75) is 6.42 Å². The summed E-state index contributed by atoms with van der Waals surface area (Å²) in [6.45, 7) is 0. The monoisotopic (exact) mass is 271 g/mol. The van der Waals surface area contributed by atoms with Gasteiger partial charge in [0.25, 0.3) is 0 Å². The van der Waals surface area contributed by atoms with Crippen LogP contribution in [0.5, 0.6) is 5.75 Å². The average molecular weight is 272 g/mol. The molecule has 2 aromatic rings. The van der Waals surface area contributed by atoms with E-state index in [2.05, 4.69) is 15.5 Å². The minimum absolute atomic E-state index is 0.175. The van der Waals surface area contributed by atoms with Gasteiger partial charge in [-0.25, -0.2) is 4.39 Å². The van der Waals surface area contributed by atoms with Gasteiger partial charge in [0, 0.05) is 24.1 Å². The Labute approximate surface area is 108 Å². The third kappa shape index (κ3) is 2.89. The van der Waals surface area contributed by atoms with Gasteiger partial charge in [-0.1, -0.05) is 5.10 Å². The Morgan fingerprint density at radius 3 is 2.94 bits per heavy atom. The van der Waals surface area contributed by atoms with Crippen LogP contribution in [-0.4, -0.2) is 23.2 Å². The summed E-state index contributed by atoms with van der Waals surface area (Å²) < 4.78 is 23.5. The van der Waals surface area contributed by atoms with Crippen molar-refractivity contribution >= 4 is 23.3 Å². The zero-order valence-electron chi connectivity index (χ0n) is 9.61. The van der Waals surface area contributed by atoms with Gasteiger partial charge in [0.2, 0.25) is 5.89 Å². The van der Waals surface area contributed by atoms with Crippen molar-refractivity contribution in [2.24, 2.45) is 0 Å². The smallest absolute Gasteiger partial charge is 0.320 e. The highest BCUT2D eigenvalue weighted by atomic mass is 35.5. The minimum atomic E-state index is -0.469. The largest absolute Gasteiger partial charge is 0.494 e. The number of nitrogens with one attached hydrogen (secondary N) is 1. The van der Waals surface area contributed by atoms with Crippen LogP contribution >= 0.6 is 11.6 Å². The first-order valence-corrected chi connectivity index (χ1v) is 5.75. The summed E-state index contributed by atoms with van der Waals surface area (Å²) in [4.78, 5) is 0. The van der Waals surface area contributed by atoms with E-state index in [1.807, 2.05) is 0 Å². The second-order valence-corrected chi connectivity index (χ2v) is 3.79. The van der Waals surface area contributed by atoms with Gasteiger partial charge in [0.1, 0.15) is 0 Å². The maximum Gasteiger partial charge on any atom is 0.320 e. The third-order valence-corrected chi connectivity index (χ3v) is 2.37. The molecule has 0 fully saturated rings. The van der Waals surface area contributed by atoms with Crippen LogP contribution in [0.3, 0.4) is 0 Å². The highest BCUT2D eigenvalue weighted by Crippen LogP contribution is 2.23. The number of rotatable bonds is 5. The lowest BCUT2D eigenvalue weighted by molar-refractivity contribution is 0.386. The van der Waals surface area contributed by atoms with Crippen LogP contribution in [0.15, 0.2) is 22.6 Å². The molecular weight excluding hydrogens is 261 g/mol. The zero-order valence-corrected chi connectivity index (χ0v) is 10.4. The molecule has 0 unspecified atom stereocenters. The van der Waals surface area contributed by atoms with Crippen molar-refractivity contribution in [1.29, 1.82) is 0 Å². The molecule has 18 heavy (non-hydrogen) atoms. The number of hydrogen-bond donors (Lipinski definition) is 1. The molecule has 0 aliphatic carbocycles. The van der Waals surface area contributed by atoms with Crippen molar-refractivity contribution in [3.05, 3.63) is 29.9 Å². The van der Waals surface area contributed by atoms with Gasteiger partial charge in [-0.3, -0.25) is 0 Å². The molecule has 2 rings (SSSR count). The first kappa shape index (κ1) is 12.6. The van der Waals surface area contributed by atoms with Crippen LogP contribution in [0.25, 0.3) is 0 Å². The Morgan fingerprint density at radius 1 is 1.44 bits per heavy atom. The predicted octanol–water partition coefficient (Wildman–Crippen LogP) is 2.74. The molecule has 0 atom stereocenters. The van der Waals surface area contributed by atoms with Gasteiger partial charge < -0.3 is 14.5 Å². The van der Waals surface area contributed by atoms with Gasteiger partial charge >= 0.3 is 6.01 Å². The van der Waals surface area contributed by atoms with Crippen molar-refractivity contribution < 1.29 is 13.5 Å². The van der Waals surface area contributed by atoms with E-state index >= 15 is 0 Å². The number of methoxy groups -OCH3 is 1. The fourth-order valence-corrected chi connectivity index (χ4v) is 1.52. The molecule has 96 valence electrons. The SMILES string of the molecule is COc1ccc(Nc2nnc(CCCl)o2)cc1F. The number of alkyl halides is 1. The number of ether oxygens (including phenoxy) is 1. The van der Waals surface area contributed by atoms with E-state index in [0.29, 0.717) is 23.9 Å². The number of nitrogens with zero attached hydrogens (tertiary/aromatic N) is 2. The standard InChI is InChI=1S/C11H11ClFN3O2/c1-17-9-3-2-7(6-8(9)13)14-11-16-15-10(18-11)4-5-12/h2-3,6H,4-5H2,1H3,(H,14,16). The minimum Gasteiger partial charge on any atom is -0.494 e. The second-order valence-electron chi connectivity index (χ2n) is 3.41. The molecule has 0 saturated carbocycles. The van der Waals surface area contributed by atoms with Crippen molar-refractivity contribution in [2.75, 3.05) is 18.3 Å². The highest BCUT2D eigenvalue weighted by Gasteiger charge is 2.08. The highest BCUT2D eigenvalue weighted by molar-refractivity contribution is 6.17. The van der Waals surface area contributed by atoms with Crippen LogP contribution in [0.1, 0.15) is 5.89 Å². The van der Waals surface area contributed by atoms with Crippen LogP contribution in [-0.2, 0) is 6.42 Å². The number of benzene rings is 1. The molecule has 1 heterocycles. The molecule has 0 spiro atoms. The Morgan fingerprint density at radius 2 is 2.28 bits per heavy atom. The molecular formula is C11H11ClFN3O2. The third-order valence-electron chi connectivity index (χ3n) is 2.18. The number of hydrogen-bond acceptors (Lipinski definition) is 5. The van der Waals surface area contributed by atoms with Gasteiger partial charge in [-0.2, -0.15) is 0 Å². The normalized spacial score (nSPS) is 10.4. The quantitative estimate of drug-likeness (QED) is 0.848. The summed E-state index contributed by atoms with van der Waals surface area (Å²) in [5, 5.41) is 10.3. The first-order chi connectivity index (χ1) is 8.72. The zero-order chi connectivity index (χ0) is 13.0. The van der Waals surface area contributed by atoms with Crippen LogP contribution in [0, 0.1) is 5.82 Å². The molecule has 0 amide bonds. The van der Waals surface area contributed by atoms with E-state index in [1.165, 1.54) is 19.2 Å². The molecule has 7 heteroatoms. The lowest BCUT2D eigenvalue weighted by Gasteiger charge is -2.04. The van der Waals surface area contributed by atoms with Crippen molar-refractivity contribution in [3.63, 3.8) is 0 Å². The van der Waals surface area contributed by atoms with Crippen LogP contribution in [0.2, 0.25) is 0 Å². The summed E-state index contributed by atoms with van der Waals surface area (Å²) in [6, 6.07) is 4.63.